The first-order valence-electron chi connectivity index (χ1n) is 10.1. The zero-order chi connectivity index (χ0) is 20.2. The molecule has 3 aromatic rings. The van der Waals surface area contributed by atoms with Gasteiger partial charge in [0.25, 0.3) is 5.91 Å². The minimum absolute atomic E-state index is 0.0559. The fourth-order valence-corrected chi connectivity index (χ4v) is 4.97. The molecule has 0 saturated carbocycles. The molecule has 0 bridgehead atoms. The molecule has 1 aromatic heterocycles. The van der Waals surface area contributed by atoms with E-state index in [1.165, 1.54) is 28.2 Å². The summed E-state index contributed by atoms with van der Waals surface area (Å²) < 4.78 is 2.34. The summed E-state index contributed by atoms with van der Waals surface area (Å²) in [5, 5.41) is 4.45. The number of amides is 1. The lowest BCUT2D eigenvalue weighted by Crippen LogP contribution is -2.51. The fourth-order valence-electron chi connectivity index (χ4n) is 4.78. The Morgan fingerprint density at radius 1 is 1.07 bits per heavy atom. The number of aryl methyl sites for hydroxylation is 1. The van der Waals surface area contributed by atoms with Crippen LogP contribution in [0, 0.1) is 13.8 Å². The van der Waals surface area contributed by atoms with Gasteiger partial charge in [0.1, 0.15) is 0 Å². The summed E-state index contributed by atoms with van der Waals surface area (Å²) in [4.78, 5) is 14.9. The van der Waals surface area contributed by atoms with Gasteiger partial charge in [-0.3, -0.25) is 4.79 Å². The van der Waals surface area contributed by atoms with Gasteiger partial charge in [0.05, 0.1) is 16.9 Å². The number of halogens is 1. The molecule has 1 N–H and O–H groups in total. The molecule has 5 heteroatoms. The molecule has 3 heterocycles. The van der Waals surface area contributed by atoms with Crippen LogP contribution in [0.25, 0.3) is 5.69 Å². The topological polar surface area (TPSA) is 37.3 Å². The van der Waals surface area contributed by atoms with Crippen molar-refractivity contribution in [3.8, 4) is 5.69 Å². The van der Waals surface area contributed by atoms with Crippen LogP contribution in [0.3, 0.4) is 0 Å². The van der Waals surface area contributed by atoms with E-state index in [9.17, 15) is 4.79 Å². The number of carbonyl (C=O) groups is 1. The average Bonchev–Trinajstić information content (AvgIpc) is 3.22. The van der Waals surface area contributed by atoms with Crippen molar-refractivity contribution in [3.05, 3.63) is 82.1 Å². The van der Waals surface area contributed by atoms with Gasteiger partial charge in [0, 0.05) is 35.6 Å². The number of hydrogen-bond donors (Lipinski definition) is 1. The largest absolute Gasteiger partial charge is 0.372 e. The molecular formula is C24H24ClN3O. The summed E-state index contributed by atoms with van der Waals surface area (Å²) in [5.41, 5.74) is 6.81. The van der Waals surface area contributed by atoms with E-state index in [0.717, 1.165) is 12.8 Å². The van der Waals surface area contributed by atoms with Gasteiger partial charge in [-0.15, -0.1) is 0 Å². The third kappa shape index (κ3) is 2.85. The SMILES string of the molecule is Cc1ccc2c(c1C)-n1cccc1C1(CCN(C(=O)c3cccc(Cl)c3)CC1)N2. The standard InChI is InChI=1S/C24H24ClN3O/c1-16-8-9-20-22(17(16)2)28-12-4-7-21(28)24(26-20)10-13-27(14-11-24)23(29)18-5-3-6-19(25)15-18/h3-9,12,15,26H,10-11,13-14H2,1-2H3. The highest BCUT2D eigenvalue weighted by Crippen LogP contribution is 2.44. The van der Waals surface area contributed by atoms with E-state index in [1.807, 2.05) is 17.0 Å². The van der Waals surface area contributed by atoms with Crippen molar-refractivity contribution >= 4 is 23.2 Å². The van der Waals surface area contributed by atoms with Crippen LogP contribution in [-0.4, -0.2) is 28.5 Å². The van der Waals surface area contributed by atoms with E-state index >= 15 is 0 Å². The number of piperidine rings is 1. The van der Waals surface area contributed by atoms with Crippen LogP contribution in [0.4, 0.5) is 5.69 Å². The predicted molar refractivity (Wildman–Crippen MR) is 117 cm³/mol. The van der Waals surface area contributed by atoms with Gasteiger partial charge in [0.15, 0.2) is 0 Å². The quantitative estimate of drug-likeness (QED) is 0.596. The predicted octanol–water partition coefficient (Wildman–Crippen LogP) is 5.30. The Morgan fingerprint density at radius 2 is 1.86 bits per heavy atom. The zero-order valence-corrected chi connectivity index (χ0v) is 17.5. The monoisotopic (exact) mass is 405 g/mol. The maximum Gasteiger partial charge on any atom is 0.253 e. The lowest BCUT2D eigenvalue weighted by molar-refractivity contribution is 0.0676. The van der Waals surface area contributed by atoms with Gasteiger partial charge in [-0.2, -0.15) is 0 Å². The lowest BCUT2D eigenvalue weighted by Gasteiger charge is -2.46. The van der Waals surface area contributed by atoms with Gasteiger partial charge >= 0.3 is 0 Å². The second-order valence-corrected chi connectivity index (χ2v) is 8.61. The molecule has 1 amide bonds. The first-order valence-corrected chi connectivity index (χ1v) is 10.5. The highest BCUT2D eigenvalue weighted by molar-refractivity contribution is 6.30. The number of fused-ring (bicyclic) bond motifs is 4. The van der Waals surface area contributed by atoms with Gasteiger partial charge in [-0.05, 0) is 74.2 Å². The second kappa shape index (κ2) is 6.67. The highest BCUT2D eigenvalue weighted by Gasteiger charge is 2.42. The highest BCUT2D eigenvalue weighted by atomic mass is 35.5. The van der Waals surface area contributed by atoms with E-state index < -0.39 is 0 Å². The molecule has 1 spiro atoms. The Kier molecular flexibility index (Phi) is 4.21. The van der Waals surface area contributed by atoms with Crippen LogP contribution < -0.4 is 5.32 Å². The summed E-state index contributed by atoms with van der Waals surface area (Å²) in [6.07, 6.45) is 3.90. The van der Waals surface area contributed by atoms with Crippen molar-refractivity contribution < 1.29 is 4.79 Å². The number of aromatic nitrogens is 1. The zero-order valence-electron chi connectivity index (χ0n) is 16.7. The Hall–Kier alpha value is -2.72. The number of carbonyl (C=O) groups excluding carboxylic acids is 1. The molecule has 4 nitrogen and oxygen atoms in total. The Bertz CT molecular complexity index is 1110. The molecule has 1 fully saturated rings. The lowest BCUT2D eigenvalue weighted by atomic mass is 9.81. The number of likely N-dealkylation sites (tertiary alicyclic amines) is 1. The molecule has 29 heavy (non-hydrogen) atoms. The van der Waals surface area contributed by atoms with Crippen LogP contribution in [-0.2, 0) is 5.54 Å². The van der Waals surface area contributed by atoms with E-state index in [-0.39, 0.29) is 11.4 Å². The maximum absolute atomic E-state index is 12.9. The van der Waals surface area contributed by atoms with Crippen LogP contribution in [0.5, 0.6) is 0 Å². The Balaban J connectivity index is 1.44. The molecule has 0 unspecified atom stereocenters. The van der Waals surface area contributed by atoms with E-state index in [2.05, 4.69) is 54.2 Å². The van der Waals surface area contributed by atoms with Crippen LogP contribution in [0.2, 0.25) is 5.02 Å². The molecule has 2 aliphatic rings. The van der Waals surface area contributed by atoms with E-state index in [0.29, 0.717) is 23.7 Å². The molecule has 1 saturated heterocycles. The molecule has 5 rings (SSSR count). The van der Waals surface area contributed by atoms with E-state index in [1.54, 1.807) is 12.1 Å². The summed E-state index contributed by atoms with van der Waals surface area (Å²) in [7, 11) is 0. The third-order valence-corrected chi connectivity index (χ3v) is 6.77. The Morgan fingerprint density at radius 3 is 2.62 bits per heavy atom. The van der Waals surface area contributed by atoms with Crippen molar-refractivity contribution in [2.45, 2.75) is 32.2 Å². The number of nitrogens with one attached hydrogen (secondary N) is 1. The maximum atomic E-state index is 12.9. The van der Waals surface area contributed by atoms with Crippen molar-refractivity contribution in [3.63, 3.8) is 0 Å². The molecule has 0 atom stereocenters. The number of hydrogen-bond acceptors (Lipinski definition) is 2. The number of rotatable bonds is 1. The van der Waals surface area contributed by atoms with Crippen LogP contribution in [0.15, 0.2) is 54.7 Å². The van der Waals surface area contributed by atoms with Gasteiger partial charge < -0.3 is 14.8 Å². The minimum Gasteiger partial charge on any atom is -0.372 e. The number of benzene rings is 2. The molecular weight excluding hydrogens is 382 g/mol. The van der Waals surface area contributed by atoms with Gasteiger partial charge in [0.2, 0.25) is 0 Å². The summed E-state index contributed by atoms with van der Waals surface area (Å²) in [6, 6.07) is 15.9. The summed E-state index contributed by atoms with van der Waals surface area (Å²) in [5.74, 6) is 0.0559. The minimum atomic E-state index is -0.149. The normalized spacial score (nSPS) is 16.9. The number of anilines is 1. The smallest absolute Gasteiger partial charge is 0.253 e. The Labute approximate surface area is 176 Å². The van der Waals surface area contributed by atoms with Gasteiger partial charge in [-0.1, -0.05) is 23.7 Å². The van der Waals surface area contributed by atoms with Crippen LogP contribution >= 0.6 is 11.6 Å². The first-order chi connectivity index (χ1) is 14.0. The van der Waals surface area contributed by atoms with Crippen molar-refractivity contribution in [1.82, 2.24) is 9.47 Å². The van der Waals surface area contributed by atoms with Crippen molar-refractivity contribution in [2.75, 3.05) is 18.4 Å². The summed E-state index contributed by atoms with van der Waals surface area (Å²) in [6.45, 7) is 5.76. The molecule has 148 valence electrons. The summed E-state index contributed by atoms with van der Waals surface area (Å²) >= 11 is 6.08. The molecule has 0 aliphatic carbocycles. The van der Waals surface area contributed by atoms with Gasteiger partial charge in [-0.25, -0.2) is 0 Å². The van der Waals surface area contributed by atoms with E-state index in [4.69, 9.17) is 11.6 Å². The number of nitrogens with zero attached hydrogens (tertiary/aromatic N) is 2. The third-order valence-electron chi connectivity index (χ3n) is 6.53. The van der Waals surface area contributed by atoms with Crippen molar-refractivity contribution in [2.24, 2.45) is 0 Å². The van der Waals surface area contributed by atoms with Crippen molar-refractivity contribution in [1.29, 1.82) is 0 Å². The molecule has 0 radical (unpaired) electrons. The second-order valence-electron chi connectivity index (χ2n) is 8.18. The molecule has 2 aliphatic heterocycles. The first kappa shape index (κ1) is 18.3. The van der Waals surface area contributed by atoms with Crippen LogP contribution in [0.1, 0.15) is 40.0 Å². The molecule has 2 aromatic carbocycles. The fraction of sp³-hybridized carbons (Fsp3) is 0.292. The average molecular weight is 406 g/mol.